The highest BCUT2D eigenvalue weighted by molar-refractivity contribution is 6.48. The molecule has 0 radical (unpaired) electrons. The van der Waals surface area contributed by atoms with E-state index in [1.54, 1.807) is 30.8 Å². The van der Waals surface area contributed by atoms with E-state index in [0.717, 1.165) is 29.5 Å². The van der Waals surface area contributed by atoms with E-state index in [-0.39, 0.29) is 17.1 Å². The molecule has 1 aromatic heterocycles. The first-order valence-corrected chi connectivity index (χ1v) is 12.0. The topological polar surface area (TPSA) is 101 Å². The number of benzene rings is 2. The van der Waals surface area contributed by atoms with E-state index in [1.807, 2.05) is 42.2 Å². The Kier molecular flexibility index (Phi) is 5.29. The first kappa shape index (κ1) is 22.0. The van der Waals surface area contributed by atoms with E-state index in [2.05, 4.69) is 10.3 Å². The maximum absolute atomic E-state index is 13.2. The number of furan rings is 1. The second kappa shape index (κ2) is 8.64. The first-order valence-electron chi connectivity index (χ1n) is 12.0. The fourth-order valence-corrected chi connectivity index (χ4v) is 5.08. The maximum Gasteiger partial charge on any atom is 0.329 e. The van der Waals surface area contributed by atoms with Gasteiger partial charge in [0.15, 0.2) is 0 Å². The zero-order valence-corrected chi connectivity index (χ0v) is 19.6. The van der Waals surface area contributed by atoms with Crippen LogP contribution in [0.15, 0.2) is 76.1 Å². The number of para-hydroxylation sites is 2. The molecule has 6 rings (SSSR count). The number of hydrogen-bond donors (Lipinski definition) is 1. The van der Waals surface area contributed by atoms with Gasteiger partial charge in [0.25, 0.3) is 11.8 Å². The molecule has 0 fully saturated rings. The number of anilines is 1. The van der Waals surface area contributed by atoms with Crippen molar-refractivity contribution < 1.29 is 23.5 Å². The van der Waals surface area contributed by atoms with Crippen LogP contribution in [0.3, 0.4) is 0 Å². The van der Waals surface area contributed by atoms with Gasteiger partial charge in [-0.3, -0.25) is 19.9 Å². The molecule has 8 heteroatoms. The normalized spacial score (nSPS) is 18.4. The lowest BCUT2D eigenvalue weighted by molar-refractivity contribution is -0.145. The van der Waals surface area contributed by atoms with Crippen LogP contribution in [0.4, 0.5) is 5.69 Å². The molecular weight excluding hydrogens is 458 g/mol. The Labute approximate surface area is 206 Å². The van der Waals surface area contributed by atoms with Gasteiger partial charge in [0.2, 0.25) is 0 Å². The Morgan fingerprint density at radius 2 is 1.92 bits per heavy atom. The van der Waals surface area contributed by atoms with Crippen molar-refractivity contribution in [3.63, 3.8) is 0 Å². The third-order valence-electron chi connectivity index (χ3n) is 6.74. The van der Waals surface area contributed by atoms with Crippen molar-refractivity contribution in [1.29, 1.82) is 0 Å². The molecule has 3 aliphatic heterocycles. The minimum absolute atomic E-state index is 0.178. The SMILES string of the molecule is CCCCOC(=O)C1Cc2cccc3c2N1C=CN=C3C1=C(c2cccc3ccoc23)C(=O)NC1=O. The van der Waals surface area contributed by atoms with Crippen LogP contribution in [-0.2, 0) is 25.5 Å². The lowest BCUT2D eigenvalue weighted by Crippen LogP contribution is -2.36. The van der Waals surface area contributed by atoms with Gasteiger partial charge in [-0.05, 0) is 18.1 Å². The van der Waals surface area contributed by atoms with Gasteiger partial charge in [-0.2, -0.15) is 0 Å². The van der Waals surface area contributed by atoms with Gasteiger partial charge in [0, 0.05) is 35.3 Å². The summed E-state index contributed by atoms with van der Waals surface area (Å²) < 4.78 is 11.2. The highest BCUT2D eigenvalue weighted by Crippen LogP contribution is 2.41. The summed E-state index contributed by atoms with van der Waals surface area (Å²) in [5.74, 6) is -1.32. The highest BCUT2D eigenvalue weighted by Gasteiger charge is 2.41. The van der Waals surface area contributed by atoms with Crippen LogP contribution >= 0.6 is 0 Å². The second-order valence-corrected chi connectivity index (χ2v) is 8.92. The molecule has 2 aromatic carbocycles. The summed E-state index contributed by atoms with van der Waals surface area (Å²) in [5, 5.41) is 3.26. The van der Waals surface area contributed by atoms with E-state index in [1.165, 1.54) is 0 Å². The van der Waals surface area contributed by atoms with Crippen LogP contribution < -0.4 is 10.2 Å². The molecule has 0 bridgehead atoms. The molecular formula is C28H23N3O5. The number of nitrogens with one attached hydrogen (secondary N) is 1. The monoisotopic (exact) mass is 481 g/mol. The van der Waals surface area contributed by atoms with Crippen molar-refractivity contribution in [3.05, 3.63) is 83.4 Å². The fraction of sp³-hybridized carbons (Fsp3) is 0.214. The van der Waals surface area contributed by atoms with Crippen LogP contribution in [0.1, 0.15) is 36.5 Å². The van der Waals surface area contributed by atoms with Crippen LogP contribution in [0.5, 0.6) is 0 Å². The van der Waals surface area contributed by atoms with Crippen molar-refractivity contribution in [2.24, 2.45) is 4.99 Å². The van der Waals surface area contributed by atoms with Crippen molar-refractivity contribution in [2.45, 2.75) is 32.2 Å². The highest BCUT2D eigenvalue weighted by atomic mass is 16.5. The summed E-state index contributed by atoms with van der Waals surface area (Å²) in [6.45, 7) is 2.42. The van der Waals surface area contributed by atoms with Gasteiger partial charge < -0.3 is 14.1 Å². The van der Waals surface area contributed by atoms with E-state index < -0.39 is 17.9 Å². The van der Waals surface area contributed by atoms with Gasteiger partial charge in [0.1, 0.15) is 11.6 Å². The number of carbonyl (C=O) groups is 3. The molecule has 3 aromatic rings. The number of esters is 1. The molecule has 1 N–H and O–H groups in total. The Morgan fingerprint density at radius 1 is 1.11 bits per heavy atom. The first-order chi connectivity index (χ1) is 17.6. The molecule has 0 saturated heterocycles. The predicted octanol–water partition coefficient (Wildman–Crippen LogP) is 3.89. The molecule has 1 unspecified atom stereocenters. The Bertz CT molecular complexity index is 1530. The summed E-state index contributed by atoms with van der Waals surface area (Å²) in [7, 11) is 0. The molecule has 180 valence electrons. The number of fused-ring (bicyclic) bond motifs is 1. The number of carbonyl (C=O) groups excluding carboxylic acids is 3. The lowest BCUT2D eigenvalue weighted by Gasteiger charge is -2.23. The van der Waals surface area contributed by atoms with Gasteiger partial charge in [-0.15, -0.1) is 0 Å². The minimum Gasteiger partial charge on any atom is -0.464 e. The standard InChI is InChI=1S/C28H23N3O5/c1-2-3-13-36-28(34)20-15-17-7-5-9-19-23(29-11-12-31(20)24(17)19)22-21(26(32)30-27(22)33)18-8-4-6-16-10-14-35-25(16)18/h4-12,14,20H,2-3,13,15H2,1H3,(H,30,32,33). The third kappa shape index (κ3) is 3.37. The second-order valence-electron chi connectivity index (χ2n) is 8.92. The number of hydrogen-bond acceptors (Lipinski definition) is 7. The number of unbranched alkanes of at least 4 members (excludes halogenated alkanes) is 1. The average Bonchev–Trinajstić information content (AvgIpc) is 3.53. The molecule has 8 nitrogen and oxygen atoms in total. The van der Waals surface area contributed by atoms with Gasteiger partial charge in [0.05, 0.1) is 35.4 Å². The summed E-state index contributed by atoms with van der Waals surface area (Å²) in [6, 6.07) is 12.4. The van der Waals surface area contributed by atoms with Gasteiger partial charge in [-0.1, -0.05) is 49.7 Å². The van der Waals surface area contributed by atoms with Gasteiger partial charge >= 0.3 is 5.97 Å². The molecule has 2 amide bonds. The average molecular weight is 482 g/mol. The summed E-state index contributed by atoms with van der Waals surface area (Å²) in [4.78, 5) is 45.6. The van der Waals surface area contributed by atoms with Crippen LogP contribution in [-0.4, -0.2) is 36.1 Å². The van der Waals surface area contributed by atoms with Crippen molar-refractivity contribution in [3.8, 4) is 0 Å². The van der Waals surface area contributed by atoms with Crippen LogP contribution in [0, 0.1) is 0 Å². The van der Waals surface area contributed by atoms with Crippen molar-refractivity contribution in [2.75, 3.05) is 11.5 Å². The summed E-state index contributed by atoms with van der Waals surface area (Å²) in [6.07, 6.45) is 7.07. The van der Waals surface area contributed by atoms with Crippen molar-refractivity contribution in [1.82, 2.24) is 5.32 Å². The zero-order chi connectivity index (χ0) is 24.8. The van der Waals surface area contributed by atoms with Gasteiger partial charge in [-0.25, -0.2) is 4.79 Å². The molecule has 0 aliphatic carbocycles. The number of ether oxygens (including phenoxy) is 1. The van der Waals surface area contributed by atoms with Crippen LogP contribution in [0.2, 0.25) is 0 Å². The van der Waals surface area contributed by atoms with E-state index in [0.29, 0.717) is 35.4 Å². The lowest BCUT2D eigenvalue weighted by atomic mass is 9.92. The number of nitrogens with zero attached hydrogens (tertiary/aromatic N) is 2. The van der Waals surface area contributed by atoms with Crippen molar-refractivity contribution >= 4 is 45.7 Å². The minimum atomic E-state index is -0.523. The molecule has 0 saturated carbocycles. The number of imide groups is 1. The predicted molar refractivity (Wildman–Crippen MR) is 134 cm³/mol. The fourth-order valence-electron chi connectivity index (χ4n) is 5.08. The molecule has 1 atom stereocenters. The Morgan fingerprint density at radius 3 is 2.78 bits per heavy atom. The zero-order valence-electron chi connectivity index (χ0n) is 19.6. The number of amides is 2. The molecule has 4 heterocycles. The molecule has 0 spiro atoms. The number of rotatable bonds is 6. The Balaban J connectivity index is 1.47. The summed E-state index contributed by atoms with van der Waals surface area (Å²) >= 11 is 0. The number of aliphatic imine (C=N–C) groups is 1. The Hall–Kier alpha value is -4.46. The maximum atomic E-state index is 13.2. The smallest absolute Gasteiger partial charge is 0.329 e. The van der Waals surface area contributed by atoms with E-state index >= 15 is 0 Å². The molecule has 36 heavy (non-hydrogen) atoms. The quantitative estimate of drug-likeness (QED) is 0.326. The largest absolute Gasteiger partial charge is 0.464 e. The third-order valence-corrected chi connectivity index (χ3v) is 6.74. The molecule has 3 aliphatic rings. The van der Waals surface area contributed by atoms with Crippen LogP contribution in [0.25, 0.3) is 16.5 Å². The van der Waals surface area contributed by atoms with E-state index in [9.17, 15) is 14.4 Å². The summed E-state index contributed by atoms with van der Waals surface area (Å²) in [5.41, 5.74) is 4.22. The van der Waals surface area contributed by atoms with E-state index in [4.69, 9.17) is 9.15 Å².